The number of nitrogens with zero attached hydrogens (tertiary/aromatic N) is 1. The molecule has 0 aliphatic carbocycles. The molecule has 0 atom stereocenters. The summed E-state index contributed by atoms with van der Waals surface area (Å²) < 4.78 is 14.3. The Labute approximate surface area is 203 Å². The summed E-state index contributed by atoms with van der Waals surface area (Å²) in [4.78, 5) is 5.02. The second-order valence-corrected chi connectivity index (χ2v) is 8.58. The van der Waals surface area contributed by atoms with Crippen LogP contribution in [0.5, 0.6) is 0 Å². The average Bonchev–Trinajstić information content (AvgIpc) is 2.92. The Morgan fingerprint density at radius 3 is 2.03 bits per heavy atom. The number of hydrogen-bond donors (Lipinski definition) is 0. The minimum atomic E-state index is -0.233. The molecule has 0 saturated carbocycles. The lowest BCUT2D eigenvalue weighted by molar-refractivity contribution is 0.625. The number of halogens is 1. The molecule has 0 fully saturated rings. The van der Waals surface area contributed by atoms with E-state index in [4.69, 9.17) is 4.98 Å². The fraction of sp³-hybridized carbons (Fsp3) is 0. The number of fused-ring (bicyclic) bond motifs is 3. The first kappa shape index (κ1) is 21.0. The topological polar surface area (TPSA) is 12.9 Å². The van der Waals surface area contributed by atoms with Gasteiger partial charge in [0.25, 0.3) is 0 Å². The predicted molar refractivity (Wildman–Crippen MR) is 145 cm³/mol. The molecule has 6 rings (SSSR count). The van der Waals surface area contributed by atoms with Crippen LogP contribution in [-0.4, -0.2) is 4.98 Å². The van der Waals surface area contributed by atoms with Crippen LogP contribution in [-0.2, 0) is 0 Å². The molecule has 0 N–H and O–H groups in total. The zero-order chi connectivity index (χ0) is 23.6. The normalized spacial score (nSPS) is 11.5. The van der Waals surface area contributed by atoms with Gasteiger partial charge in [0.05, 0.1) is 11.2 Å². The maximum absolute atomic E-state index is 14.3. The Bertz CT molecular complexity index is 1680. The molecule has 2 heteroatoms. The second kappa shape index (κ2) is 9.00. The summed E-state index contributed by atoms with van der Waals surface area (Å²) in [5, 5.41) is 3.36. The Balaban J connectivity index is 1.51. The molecule has 166 valence electrons. The predicted octanol–water partition coefficient (Wildman–Crippen LogP) is 9.03. The van der Waals surface area contributed by atoms with Crippen molar-refractivity contribution in [2.75, 3.05) is 0 Å². The molecule has 1 heterocycles. The van der Waals surface area contributed by atoms with Crippen LogP contribution in [0.3, 0.4) is 0 Å². The highest BCUT2D eigenvalue weighted by Crippen LogP contribution is 2.33. The van der Waals surface area contributed by atoms with E-state index in [0.717, 1.165) is 38.5 Å². The molecule has 0 aliphatic heterocycles. The highest BCUT2D eigenvalue weighted by Gasteiger charge is 2.10. The molecule has 35 heavy (non-hydrogen) atoms. The van der Waals surface area contributed by atoms with Crippen LogP contribution in [0, 0.1) is 5.82 Å². The highest BCUT2D eigenvalue weighted by atomic mass is 19.1. The SMILES string of the molecule is Fc1ccccc1C=Cc1cc(-c2ccc(-c3ccccc3)cc2)nc2ccc3ccccc3c12. The van der Waals surface area contributed by atoms with Gasteiger partial charge in [-0.15, -0.1) is 0 Å². The van der Waals surface area contributed by atoms with E-state index in [0.29, 0.717) is 5.56 Å². The van der Waals surface area contributed by atoms with E-state index in [-0.39, 0.29) is 5.82 Å². The lowest BCUT2D eigenvalue weighted by atomic mass is 9.97. The molecule has 0 unspecified atom stereocenters. The summed E-state index contributed by atoms with van der Waals surface area (Å²) in [7, 11) is 0. The maximum Gasteiger partial charge on any atom is 0.130 e. The van der Waals surface area contributed by atoms with Crippen LogP contribution in [0.4, 0.5) is 4.39 Å². The van der Waals surface area contributed by atoms with Gasteiger partial charge in [0, 0.05) is 16.5 Å². The zero-order valence-corrected chi connectivity index (χ0v) is 19.0. The van der Waals surface area contributed by atoms with Crippen LogP contribution < -0.4 is 0 Å². The van der Waals surface area contributed by atoms with E-state index < -0.39 is 0 Å². The van der Waals surface area contributed by atoms with Gasteiger partial charge in [-0.1, -0.05) is 115 Å². The molecule has 5 aromatic carbocycles. The van der Waals surface area contributed by atoms with E-state index in [9.17, 15) is 4.39 Å². The number of benzene rings is 5. The van der Waals surface area contributed by atoms with E-state index in [2.05, 4.69) is 66.7 Å². The smallest absolute Gasteiger partial charge is 0.130 e. The van der Waals surface area contributed by atoms with Crippen LogP contribution in [0.2, 0.25) is 0 Å². The minimum Gasteiger partial charge on any atom is -0.248 e. The summed E-state index contributed by atoms with van der Waals surface area (Å²) in [5.41, 5.74) is 6.78. The summed E-state index contributed by atoms with van der Waals surface area (Å²) >= 11 is 0. The fourth-order valence-electron chi connectivity index (χ4n) is 4.57. The molecular formula is C33H22FN. The van der Waals surface area contributed by atoms with Crippen molar-refractivity contribution in [3.05, 3.63) is 138 Å². The van der Waals surface area contributed by atoms with Gasteiger partial charge < -0.3 is 0 Å². The number of hydrogen-bond acceptors (Lipinski definition) is 1. The number of aromatic nitrogens is 1. The van der Waals surface area contributed by atoms with Crippen molar-refractivity contribution in [1.29, 1.82) is 0 Å². The van der Waals surface area contributed by atoms with Gasteiger partial charge >= 0.3 is 0 Å². The van der Waals surface area contributed by atoms with E-state index in [1.54, 1.807) is 12.1 Å². The highest BCUT2D eigenvalue weighted by molar-refractivity contribution is 6.11. The fourth-order valence-corrected chi connectivity index (χ4v) is 4.57. The van der Waals surface area contributed by atoms with Gasteiger partial charge in [0.2, 0.25) is 0 Å². The van der Waals surface area contributed by atoms with Crippen molar-refractivity contribution in [2.45, 2.75) is 0 Å². The minimum absolute atomic E-state index is 0.233. The largest absolute Gasteiger partial charge is 0.248 e. The average molecular weight is 452 g/mol. The quantitative estimate of drug-likeness (QED) is 0.244. The molecule has 0 amide bonds. The van der Waals surface area contributed by atoms with Crippen molar-refractivity contribution >= 4 is 33.8 Å². The lowest BCUT2D eigenvalue weighted by Crippen LogP contribution is -1.91. The monoisotopic (exact) mass is 451 g/mol. The Hall–Kier alpha value is -4.56. The molecule has 6 aromatic rings. The first-order valence-corrected chi connectivity index (χ1v) is 11.7. The number of rotatable bonds is 4. The Kier molecular flexibility index (Phi) is 5.40. The molecule has 1 nitrogen and oxygen atoms in total. The molecule has 1 aromatic heterocycles. The van der Waals surface area contributed by atoms with Gasteiger partial charge in [-0.25, -0.2) is 9.37 Å². The van der Waals surface area contributed by atoms with E-state index in [1.165, 1.54) is 17.2 Å². The molecule has 0 aliphatic rings. The lowest BCUT2D eigenvalue weighted by Gasteiger charge is -2.11. The van der Waals surface area contributed by atoms with Crippen LogP contribution in [0.15, 0.2) is 121 Å². The van der Waals surface area contributed by atoms with Crippen molar-refractivity contribution in [1.82, 2.24) is 4.98 Å². The van der Waals surface area contributed by atoms with E-state index in [1.807, 2.05) is 48.6 Å². The third kappa shape index (κ3) is 4.11. The summed E-state index contributed by atoms with van der Waals surface area (Å²) in [6.45, 7) is 0. The molecule has 0 bridgehead atoms. The van der Waals surface area contributed by atoms with Crippen LogP contribution in [0.25, 0.3) is 56.2 Å². The van der Waals surface area contributed by atoms with Gasteiger partial charge in [0.15, 0.2) is 0 Å². The third-order valence-corrected chi connectivity index (χ3v) is 6.36. The van der Waals surface area contributed by atoms with Crippen molar-refractivity contribution in [3.63, 3.8) is 0 Å². The molecular weight excluding hydrogens is 429 g/mol. The van der Waals surface area contributed by atoms with Crippen molar-refractivity contribution in [2.24, 2.45) is 0 Å². The van der Waals surface area contributed by atoms with Crippen LogP contribution in [0.1, 0.15) is 11.1 Å². The van der Waals surface area contributed by atoms with Gasteiger partial charge in [-0.05, 0) is 45.7 Å². The number of pyridine rings is 1. The molecule has 0 radical (unpaired) electrons. The van der Waals surface area contributed by atoms with Crippen molar-refractivity contribution < 1.29 is 4.39 Å². The summed E-state index contributed by atoms with van der Waals surface area (Å²) in [6.07, 6.45) is 3.84. The van der Waals surface area contributed by atoms with Crippen LogP contribution >= 0.6 is 0 Å². The first-order valence-electron chi connectivity index (χ1n) is 11.7. The van der Waals surface area contributed by atoms with Gasteiger partial charge in [-0.2, -0.15) is 0 Å². The van der Waals surface area contributed by atoms with Gasteiger partial charge in [0.1, 0.15) is 5.82 Å². The molecule has 0 spiro atoms. The van der Waals surface area contributed by atoms with Crippen molar-refractivity contribution in [3.8, 4) is 22.4 Å². The third-order valence-electron chi connectivity index (χ3n) is 6.36. The van der Waals surface area contributed by atoms with E-state index >= 15 is 0 Å². The zero-order valence-electron chi connectivity index (χ0n) is 19.0. The van der Waals surface area contributed by atoms with Gasteiger partial charge in [-0.3, -0.25) is 0 Å². The first-order chi connectivity index (χ1) is 17.3. The standard InChI is InChI=1S/C33H22FN/c34-30-13-7-5-11-26(30)16-19-28-22-32(27-17-14-24(15-18-27)23-8-2-1-3-9-23)35-31-21-20-25-10-4-6-12-29(25)33(28)31/h1-22H. The summed E-state index contributed by atoms with van der Waals surface area (Å²) in [5.74, 6) is -0.233. The second-order valence-electron chi connectivity index (χ2n) is 8.58. The molecule has 0 saturated heterocycles. The Morgan fingerprint density at radius 2 is 1.20 bits per heavy atom. The summed E-state index contributed by atoms with van der Waals surface area (Å²) in [6, 6.07) is 40.3. The Morgan fingerprint density at radius 1 is 0.543 bits per heavy atom. The maximum atomic E-state index is 14.3.